The molecular weight excluding hydrogens is 266 g/mol. The molecule has 0 amide bonds. The smallest absolute Gasteiger partial charge is 0.328 e. The van der Waals surface area contributed by atoms with E-state index in [4.69, 9.17) is 10.00 Å². The zero-order valence-corrected chi connectivity index (χ0v) is 11.7. The summed E-state index contributed by atoms with van der Waals surface area (Å²) in [7, 11) is 0. The van der Waals surface area contributed by atoms with Crippen LogP contribution in [0.5, 0.6) is 5.75 Å². The molecule has 108 valence electrons. The Hall–Kier alpha value is -2.48. The number of aromatic nitrogens is 2. The maximum Gasteiger partial charge on any atom is 0.328 e. The Morgan fingerprint density at radius 1 is 1.24 bits per heavy atom. The third kappa shape index (κ3) is 3.16. The van der Waals surface area contributed by atoms with Gasteiger partial charge < -0.3 is 4.74 Å². The summed E-state index contributed by atoms with van der Waals surface area (Å²) < 4.78 is 9.16. The van der Waals surface area contributed by atoms with E-state index in [1.165, 1.54) is 0 Å². The number of imidazole rings is 1. The van der Waals surface area contributed by atoms with Crippen molar-refractivity contribution in [2.24, 2.45) is 0 Å². The molecule has 0 atom stereocenters. The second-order valence-electron chi connectivity index (χ2n) is 5.25. The van der Waals surface area contributed by atoms with Gasteiger partial charge in [0, 0.05) is 25.0 Å². The van der Waals surface area contributed by atoms with Crippen LogP contribution < -0.4 is 10.4 Å². The van der Waals surface area contributed by atoms with Gasteiger partial charge in [-0.15, -0.1) is 0 Å². The van der Waals surface area contributed by atoms with E-state index in [9.17, 15) is 4.79 Å². The highest BCUT2D eigenvalue weighted by molar-refractivity contribution is 5.34. The van der Waals surface area contributed by atoms with Gasteiger partial charge in [-0.2, -0.15) is 5.26 Å². The van der Waals surface area contributed by atoms with Crippen molar-refractivity contribution in [1.29, 1.82) is 5.26 Å². The Labute approximate surface area is 123 Å². The van der Waals surface area contributed by atoms with Crippen LogP contribution in [0.3, 0.4) is 0 Å². The monoisotopic (exact) mass is 283 g/mol. The summed E-state index contributed by atoms with van der Waals surface area (Å²) in [5.41, 5.74) is 0.700. The molecule has 1 aliphatic rings. The van der Waals surface area contributed by atoms with Crippen molar-refractivity contribution in [2.45, 2.75) is 31.8 Å². The van der Waals surface area contributed by atoms with Crippen molar-refractivity contribution in [2.75, 3.05) is 6.61 Å². The summed E-state index contributed by atoms with van der Waals surface area (Å²) in [4.78, 5) is 12.0. The molecule has 0 aliphatic heterocycles. The average molecular weight is 283 g/mol. The van der Waals surface area contributed by atoms with Gasteiger partial charge in [-0.05, 0) is 43.5 Å². The molecule has 1 heterocycles. The summed E-state index contributed by atoms with van der Waals surface area (Å²) in [6, 6.07) is 9.53. The fraction of sp³-hybridized carbons (Fsp3) is 0.375. The van der Waals surface area contributed by atoms with Gasteiger partial charge in [-0.3, -0.25) is 9.13 Å². The Morgan fingerprint density at radius 2 is 2.00 bits per heavy atom. The molecule has 0 radical (unpaired) electrons. The van der Waals surface area contributed by atoms with E-state index >= 15 is 0 Å². The molecule has 0 saturated heterocycles. The first kappa shape index (κ1) is 13.5. The van der Waals surface area contributed by atoms with Crippen LogP contribution in [0.4, 0.5) is 0 Å². The molecule has 21 heavy (non-hydrogen) atoms. The van der Waals surface area contributed by atoms with Crippen molar-refractivity contribution in [1.82, 2.24) is 9.13 Å². The second kappa shape index (κ2) is 5.88. The highest BCUT2D eigenvalue weighted by atomic mass is 16.5. The van der Waals surface area contributed by atoms with E-state index in [0.29, 0.717) is 24.8 Å². The summed E-state index contributed by atoms with van der Waals surface area (Å²) in [6.07, 6.45) is 6.73. The molecule has 2 aromatic rings. The molecule has 5 heteroatoms. The van der Waals surface area contributed by atoms with Crippen molar-refractivity contribution >= 4 is 0 Å². The van der Waals surface area contributed by atoms with Crippen LogP contribution in [0, 0.1) is 11.3 Å². The zero-order chi connectivity index (χ0) is 14.7. The van der Waals surface area contributed by atoms with Gasteiger partial charge in [0.15, 0.2) is 0 Å². The fourth-order valence-corrected chi connectivity index (χ4v) is 2.28. The van der Waals surface area contributed by atoms with Gasteiger partial charge in [-0.25, -0.2) is 4.79 Å². The number of hydrogen-bond acceptors (Lipinski definition) is 3. The lowest BCUT2D eigenvalue weighted by molar-refractivity contribution is 0.300. The normalized spacial score (nSPS) is 13.9. The van der Waals surface area contributed by atoms with Crippen LogP contribution in [0.15, 0.2) is 41.5 Å². The first-order chi connectivity index (χ1) is 10.3. The number of hydrogen-bond donors (Lipinski definition) is 0. The molecule has 1 aromatic heterocycles. The minimum atomic E-state index is 0.0795. The summed E-state index contributed by atoms with van der Waals surface area (Å²) in [5.74, 6) is 0.747. The van der Waals surface area contributed by atoms with Crippen LogP contribution in [0.25, 0.3) is 0 Å². The highest BCUT2D eigenvalue weighted by Gasteiger charge is 2.25. The van der Waals surface area contributed by atoms with E-state index in [-0.39, 0.29) is 5.69 Å². The summed E-state index contributed by atoms with van der Waals surface area (Å²) in [6.45, 7) is 1.21. The van der Waals surface area contributed by atoms with Gasteiger partial charge in [0.2, 0.25) is 0 Å². The van der Waals surface area contributed by atoms with E-state index in [1.54, 1.807) is 28.8 Å². The van der Waals surface area contributed by atoms with Crippen LogP contribution in [0.1, 0.15) is 30.9 Å². The Kier molecular flexibility index (Phi) is 3.78. The van der Waals surface area contributed by atoms with Crippen LogP contribution in [-0.4, -0.2) is 15.7 Å². The van der Waals surface area contributed by atoms with E-state index < -0.39 is 0 Å². The molecule has 1 saturated carbocycles. The molecule has 5 nitrogen and oxygen atoms in total. The predicted molar refractivity (Wildman–Crippen MR) is 78.2 cm³/mol. The topological polar surface area (TPSA) is 59.9 Å². The van der Waals surface area contributed by atoms with Crippen LogP contribution in [-0.2, 0) is 6.54 Å². The van der Waals surface area contributed by atoms with E-state index in [1.807, 2.05) is 17.0 Å². The molecular formula is C16H17N3O2. The predicted octanol–water partition coefficient (Wildman–Crippen LogP) is 2.33. The number of ether oxygens (including phenoxy) is 1. The van der Waals surface area contributed by atoms with Gasteiger partial charge in [-0.1, -0.05) is 0 Å². The highest BCUT2D eigenvalue weighted by Crippen LogP contribution is 2.33. The SMILES string of the molecule is N#Cc1ccc(OCCCn2ccn(C3CC3)c2=O)cc1. The number of nitrogens with zero attached hydrogens (tertiary/aromatic N) is 3. The first-order valence-corrected chi connectivity index (χ1v) is 7.18. The minimum Gasteiger partial charge on any atom is -0.494 e. The molecule has 0 spiro atoms. The Morgan fingerprint density at radius 3 is 2.67 bits per heavy atom. The third-order valence-corrected chi connectivity index (χ3v) is 3.61. The summed E-state index contributed by atoms with van der Waals surface area (Å²) >= 11 is 0. The number of aryl methyl sites for hydroxylation is 1. The molecule has 1 aromatic carbocycles. The van der Waals surface area contributed by atoms with Crippen molar-refractivity contribution in [3.63, 3.8) is 0 Å². The van der Waals surface area contributed by atoms with Crippen LogP contribution >= 0.6 is 0 Å². The lowest BCUT2D eigenvalue weighted by Crippen LogP contribution is -2.24. The molecule has 1 aliphatic carbocycles. The van der Waals surface area contributed by atoms with Crippen molar-refractivity contribution in [3.05, 3.63) is 52.7 Å². The largest absolute Gasteiger partial charge is 0.494 e. The number of nitriles is 1. The number of benzene rings is 1. The molecule has 0 N–H and O–H groups in total. The van der Waals surface area contributed by atoms with Gasteiger partial charge in [0.1, 0.15) is 5.75 Å². The third-order valence-electron chi connectivity index (χ3n) is 3.61. The maximum atomic E-state index is 12.0. The quantitative estimate of drug-likeness (QED) is 0.764. The molecule has 1 fully saturated rings. The molecule has 3 rings (SSSR count). The maximum absolute atomic E-state index is 12.0. The summed E-state index contributed by atoms with van der Waals surface area (Å²) in [5, 5.41) is 8.71. The molecule has 0 unspecified atom stereocenters. The van der Waals surface area contributed by atoms with Crippen molar-refractivity contribution < 1.29 is 4.74 Å². The molecule has 0 bridgehead atoms. The zero-order valence-electron chi connectivity index (χ0n) is 11.7. The fourth-order valence-electron chi connectivity index (χ4n) is 2.28. The minimum absolute atomic E-state index is 0.0795. The van der Waals surface area contributed by atoms with E-state index in [2.05, 4.69) is 6.07 Å². The van der Waals surface area contributed by atoms with E-state index in [0.717, 1.165) is 25.0 Å². The Balaban J connectivity index is 1.47. The lowest BCUT2D eigenvalue weighted by atomic mass is 10.2. The average Bonchev–Trinajstić information content (AvgIpc) is 3.29. The van der Waals surface area contributed by atoms with Crippen LogP contribution in [0.2, 0.25) is 0 Å². The Bertz CT molecular complexity index is 702. The second-order valence-corrected chi connectivity index (χ2v) is 5.25. The lowest BCUT2D eigenvalue weighted by Gasteiger charge is -2.06. The van der Waals surface area contributed by atoms with Crippen molar-refractivity contribution in [3.8, 4) is 11.8 Å². The van der Waals surface area contributed by atoms with Gasteiger partial charge in [0.05, 0.1) is 18.2 Å². The first-order valence-electron chi connectivity index (χ1n) is 7.18. The van der Waals surface area contributed by atoms with Gasteiger partial charge >= 0.3 is 5.69 Å². The standard InChI is InChI=1S/C16H17N3O2/c17-12-13-2-6-15(7-3-13)21-11-1-8-18-9-10-19(16(18)20)14-4-5-14/h2-3,6-7,9-10,14H,1,4-5,8,11H2. The van der Waals surface area contributed by atoms with Gasteiger partial charge in [0.25, 0.3) is 0 Å². The number of rotatable bonds is 6.